The number of esters is 1. The third kappa shape index (κ3) is 8.07. The molecule has 0 unspecified atom stereocenters. The SMILES string of the molecule is COc1cc([C@@H]2c3cc4c(cc3[C@@H](NC(=O)CN3CCN(CCCCCCCCN5CCNCC5)CC3)[C@H]3COC(=O)[C@H]23)OCO4)cc(OC)c1O. The number of amides is 1. The number of nitrogens with zero attached hydrogens (tertiary/aromatic N) is 3. The van der Waals surface area contributed by atoms with Crippen LogP contribution in [-0.2, 0) is 14.3 Å². The van der Waals surface area contributed by atoms with Gasteiger partial charge in [-0.2, -0.15) is 0 Å². The fourth-order valence-corrected chi connectivity index (χ4v) is 8.75. The fourth-order valence-electron chi connectivity index (χ4n) is 8.75. The molecule has 284 valence electrons. The van der Waals surface area contributed by atoms with Gasteiger partial charge in [-0.25, -0.2) is 0 Å². The maximum Gasteiger partial charge on any atom is 0.310 e. The number of carbonyl (C=O) groups excluding carboxylic acids is 2. The first-order valence-electron chi connectivity index (χ1n) is 19.2. The van der Waals surface area contributed by atoms with Gasteiger partial charge in [0, 0.05) is 64.2 Å². The Hall–Kier alpha value is -3.78. The van der Waals surface area contributed by atoms with Crippen molar-refractivity contribution in [3.63, 3.8) is 0 Å². The molecule has 4 atom stereocenters. The molecule has 4 aliphatic heterocycles. The summed E-state index contributed by atoms with van der Waals surface area (Å²) in [5, 5.41) is 17.4. The lowest BCUT2D eigenvalue weighted by molar-refractivity contribution is -0.141. The molecule has 52 heavy (non-hydrogen) atoms. The first-order valence-corrected chi connectivity index (χ1v) is 19.2. The second-order valence-corrected chi connectivity index (χ2v) is 14.8. The van der Waals surface area contributed by atoms with Crippen LogP contribution in [0.25, 0.3) is 0 Å². The minimum Gasteiger partial charge on any atom is -0.502 e. The molecule has 3 N–H and O–H groups in total. The van der Waals surface area contributed by atoms with Crippen molar-refractivity contribution in [2.24, 2.45) is 11.8 Å². The van der Waals surface area contributed by atoms with E-state index < -0.39 is 17.9 Å². The van der Waals surface area contributed by atoms with E-state index in [0.29, 0.717) is 18.0 Å². The summed E-state index contributed by atoms with van der Waals surface area (Å²) in [6.45, 7) is 11.2. The van der Waals surface area contributed by atoms with Crippen LogP contribution >= 0.6 is 0 Å². The van der Waals surface area contributed by atoms with E-state index in [2.05, 4.69) is 25.3 Å². The standard InChI is InChI=1S/C39H55N5O8/c1-48-32-19-26(20-33(49-2)38(32)46)35-27-21-30-31(52-25-51-30)22-28(27)37(29-24-50-39(47)36(29)35)41-34(45)23-44-17-15-43(16-18-44)12-8-6-4-3-5-7-11-42-13-9-40-10-14-42/h19-22,29,35-37,40,46H,3-18,23-25H2,1-2H3,(H,41,45)/t29-,35+,36-,37+/m0/s1. The molecular formula is C39H55N5O8. The molecular weight excluding hydrogens is 666 g/mol. The lowest BCUT2D eigenvalue weighted by atomic mass is 9.65. The number of unbranched alkanes of at least 4 members (excludes halogenated alkanes) is 5. The van der Waals surface area contributed by atoms with Crippen molar-refractivity contribution in [2.75, 3.05) is 99.6 Å². The Balaban J connectivity index is 0.946. The molecule has 1 amide bonds. The van der Waals surface area contributed by atoms with Crippen LogP contribution in [0.1, 0.15) is 67.2 Å². The van der Waals surface area contributed by atoms with Crippen molar-refractivity contribution in [1.29, 1.82) is 0 Å². The van der Waals surface area contributed by atoms with Gasteiger partial charge in [-0.1, -0.05) is 25.7 Å². The summed E-state index contributed by atoms with van der Waals surface area (Å²) in [4.78, 5) is 34.5. The second kappa shape index (κ2) is 16.9. The second-order valence-electron chi connectivity index (χ2n) is 14.8. The van der Waals surface area contributed by atoms with Crippen LogP contribution in [0.5, 0.6) is 28.7 Å². The Morgan fingerprint density at radius 2 is 1.38 bits per heavy atom. The summed E-state index contributed by atoms with van der Waals surface area (Å²) in [6.07, 6.45) is 7.79. The van der Waals surface area contributed by atoms with E-state index in [4.69, 9.17) is 23.7 Å². The van der Waals surface area contributed by atoms with Gasteiger partial charge in [0.25, 0.3) is 0 Å². The molecule has 0 radical (unpaired) electrons. The van der Waals surface area contributed by atoms with E-state index in [0.717, 1.165) is 62.5 Å². The summed E-state index contributed by atoms with van der Waals surface area (Å²) >= 11 is 0. The largest absolute Gasteiger partial charge is 0.502 e. The van der Waals surface area contributed by atoms with Crippen molar-refractivity contribution in [1.82, 2.24) is 25.3 Å². The maximum absolute atomic E-state index is 13.7. The molecule has 0 bridgehead atoms. The van der Waals surface area contributed by atoms with Gasteiger partial charge in [0.2, 0.25) is 18.4 Å². The number of rotatable bonds is 15. The lowest BCUT2D eigenvalue weighted by Gasteiger charge is -2.40. The number of methoxy groups -OCH3 is 2. The van der Waals surface area contributed by atoms with Crippen LogP contribution < -0.4 is 29.6 Å². The number of aromatic hydroxyl groups is 1. The van der Waals surface area contributed by atoms with Gasteiger partial charge < -0.3 is 49.2 Å². The van der Waals surface area contributed by atoms with E-state index in [1.54, 1.807) is 12.1 Å². The van der Waals surface area contributed by atoms with Crippen molar-refractivity contribution in [2.45, 2.75) is 50.5 Å². The number of phenolic OH excluding ortho intramolecular Hbond substituents is 1. The molecule has 4 heterocycles. The van der Waals surface area contributed by atoms with Gasteiger partial charge in [-0.3, -0.25) is 14.5 Å². The Morgan fingerprint density at radius 1 is 0.808 bits per heavy atom. The number of hydrogen-bond donors (Lipinski definition) is 3. The Morgan fingerprint density at radius 3 is 2.02 bits per heavy atom. The van der Waals surface area contributed by atoms with E-state index >= 15 is 0 Å². The summed E-state index contributed by atoms with van der Waals surface area (Å²) in [7, 11) is 2.95. The molecule has 3 saturated heterocycles. The van der Waals surface area contributed by atoms with Crippen molar-refractivity contribution >= 4 is 11.9 Å². The molecule has 13 heteroatoms. The average Bonchev–Trinajstić information content (AvgIpc) is 3.79. The number of ether oxygens (including phenoxy) is 5. The van der Waals surface area contributed by atoms with Gasteiger partial charge in [0.15, 0.2) is 23.0 Å². The zero-order chi connectivity index (χ0) is 36.0. The number of fused-ring (bicyclic) bond motifs is 3. The number of phenols is 1. The van der Waals surface area contributed by atoms with E-state index in [-0.39, 0.29) is 48.4 Å². The van der Waals surface area contributed by atoms with Crippen molar-refractivity contribution in [3.8, 4) is 28.7 Å². The molecule has 0 spiro atoms. The average molecular weight is 722 g/mol. The normalized spacial score (nSPS) is 24.6. The highest BCUT2D eigenvalue weighted by molar-refractivity contribution is 5.82. The Kier molecular flexibility index (Phi) is 11.9. The summed E-state index contributed by atoms with van der Waals surface area (Å²) in [5.41, 5.74) is 2.41. The van der Waals surface area contributed by atoms with Crippen LogP contribution in [0.4, 0.5) is 0 Å². The molecule has 5 aliphatic rings. The Labute approximate surface area is 306 Å². The predicted molar refractivity (Wildman–Crippen MR) is 194 cm³/mol. The minimum absolute atomic E-state index is 0.0801. The maximum atomic E-state index is 13.7. The van der Waals surface area contributed by atoms with E-state index in [1.165, 1.54) is 72.4 Å². The highest BCUT2D eigenvalue weighted by atomic mass is 16.7. The zero-order valence-corrected chi connectivity index (χ0v) is 30.7. The highest BCUT2D eigenvalue weighted by Crippen LogP contribution is 2.55. The molecule has 0 saturated carbocycles. The summed E-state index contributed by atoms with van der Waals surface area (Å²) in [6, 6.07) is 6.83. The highest BCUT2D eigenvalue weighted by Gasteiger charge is 2.53. The van der Waals surface area contributed by atoms with Crippen LogP contribution in [-0.4, -0.2) is 131 Å². The first kappa shape index (κ1) is 36.6. The van der Waals surface area contributed by atoms with Gasteiger partial charge in [-0.05, 0) is 66.9 Å². The molecule has 7 rings (SSSR count). The van der Waals surface area contributed by atoms with Crippen molar-refractivity contribution in [3.05, 3.63) is 41.0 Å². The first-order chi connectivity index (χ1) is 25.4. The number of benzene rings is 2. The number of piperazine rings is 2. The topological polar surface area (TPSA) is 134 Å². The summed E-state index contributed by atoms with van der Waals surface area (Å²) in [5.74, 6) is -0.231. The third-order valence-electron chi connectivity index (χ3n) is 11.6. The lowest BCUT2D eigenvalue weighted by Crippen LogP contribution is -2.51. The monoisotopic (exact) mass is 721 g/mol. The predicted octanol–water partition coefficient (Wildman–Crippen LogP) is 3.09. The van der Waals surface area contributed by atoms with Crippen molar-refractivity contribution < 1.29 is 38.4 Å². The van der Waals surface area contributed by atoms with Crippen LogP contribution in [0.3, 0.4) is 0 Å². The van der Waals surface area contributed by atoms with Gasteiger partial charge in [0.05, 0.1) is 39.3 Å². The molecule has 3 fully saturated rings. The molecule has 1 aliphatic carbocycles. The Bertz CT molecular complexity index is 1530. The minimum atomic E-state index is -0.585. The molecule has 13 nitrogen and oxygen atoms in total. The van der Waals surface area contributed by atoms with Crippen LogP contribution in [0.15, 0.2) is 24.3 Å². The summed E-state index contributed by atoms with van der Waals surface area (Å²) < 4.78 is 28.2. The zero-order valence-electron chi connectivity index (χ0n) is 30.7. The molecule has 2 aromatic carbocycles. The van der Waals surface area contributed by atoms with Gasteiger partial charge in [0.1, 0.15) is 0 Å². The number of carbonyl (C=O) groups is 2. The van der Waals surface area contributed by atoms with Gasteiger partial charge >= 0.3 is 5.97 Å². The van der Waals surface area contributed by atoms with Crippen LogP contribution in [0.2, 0.25) is 0 Å². The number of hydrogen-bond acceptors (Lipinski definition) is 12. The van der Waals surface area contributed by atoms with E-state index in [1.807, 2.05) is 12.1 Å². The van der Waals surface area contributed by atoms with Crippen LogP contribution in [0, 0.1) is 11.8 Å². The van der Waals surface area contributed by atoms with E-state index in [9.17, 15) is 14.7 Å². The van der Waals surface area contributed by atoms with Gasteiger partial charge in [-0.15, -0.1) is 0 Å². The molecule has 0 aromatic heterocycles. The quantitative estimate of drug-likeness (QED) is 0.184. The molecule has 2 aromatic rings. The number of nitrogens with one attached hydrogen (secondary N) is 2. The number of cyclic esters (lactones) is 1. The third-order valence-corrected chi connectivity index (χ3v) is 11.6. The fraction of sp³-hybridized carbons (Fsp3) is 0.641. The smallest absolute Gasteiger partial charge is 0.310 e.